The molecule has 1 heterocycles. The molecule has 28 heavy (non-hydrogen) atoms. The minimum Gasteiger partial charge on any atom is -1.00 e. The van der Waals surface area contributed by atoms with E-state index in [-0.39, 0.29) is 36.3 Å². The number of halogens is 1. The van der Waals surface area contributed by atoms with Crippen LogP contribution in [-0.4, -0.2) is 34.1 Å². The highest BCUT2D eigenvalue weighted by atomic mass is 127. The van der Waals surface area contributed by atoms with Gasteiger partial charge in [0.25, 0.3) is 5.82 Å². The molecule has 1 saturated carbocycles. The lowest BCUT2D eigenvalue weighted by molar-refractivity contribution is -0.677. The van der Waals surface area contributed by atoms with Crippen molar-refractivity contribution in [1.29, 1.82) is 0 Å². The molecule has 5 nitrogen and oxygen atoms in total. The summed E-state index contributed by atoms with van der Waals surface area (Å²) in [7, 11) is 3.89. The molecule has 0 radical (unpaired) electrons. The van der Waals surface area contributed by atoms with E-state index in [1.54, 1.807) is 4.90 Å². The summed E-state index contributed by atoms with van der Waals surface area (Å²) in [5, 5.41) is 10.7. The molecule has 0 atom stereocenters. The summed E-state index contributed by atoms with van der Waals surface area (Å²) in [5.74, 6) is 2.05. The van der Waals surface area contributed by atoms with E-state index < -0.39 is 0 Å². The third-order valence-corrected chi connectivity index (χ3v) is 6.00. The first kappa shape index (κ1) is 22.7. The average molecular weight is 497 g/mol. The molecule has 6 heteroatoms. The Bertz CT molecular complexity index is 797. The van der Waals surface area contributed by atoms with Crippen molar-refractivity contribution < 1.29 is 38.4 Å². The van der Waals surface area contributed by atoms with Gasteiger partial charge in [-0.2, -0.15) is 0 Å². The summed E-state index contributed by atoms with van der Waals surface area (Å²) in [5.41, 5.74) is 1.78. The molecule has 1 aliphatic carbocycles. The minimum atomic E-state index is 0. The van der Waals surface area contributed by atoms with E-state index in [4.69, 9.17) is 0 Å². The second kappa shape index (κ2) is 10.3. The first-order valence-electron chi connectivity index (χ1n) is 10.0. The van der Waals surface area contributed by atoms with Gasteiger partial charge in [0.1, 0.15) is 18.1 Å². The Balaban J connectivity index is 0.00000280. The zero-order valence-electron chi connectivity index (χ0n) is 17.2. The SMILES string of the molecule is Cc1n(CCCN(C)C(=O)Cc2cccc(C3CCCC3)c2O)cc[n+]1C.[I-]. The van der Waals surface area contributed by atoms with Crippen molar-refractivity contribution in [2.75, 3.05) is 13.6 Å². The van der Waals surface area contributed by atoms with Crippen molar-refractivity contribution in [1.82, 2.24) is 9.47 Å². The highest BCUT2D eigenvalue weighted by molar-refractivity contribution is 5.79. The molecular weight excluding hydrogens is 465 g/mol. The van der Waals surface area contributed by atoms with Gasteiger partial charge in [-0.3, -0.25) is 4.79 Å². The smallest absolute Gasteiger partial charge is 0.253 e. The molecule has 1 aromatic carbocycles. The lowest BCUT2D eigenvalue weighted by atomic mass is 9.93. The summed E-state index contributed by atoms with van der Waals surface area (Å²) in [6, 6.07) is 5.87. The Morgan fingerprint density at radius 3 is 2.68 bits per heavy atom. The number of phenols is 1. The fourth-order valence-corrected chi connectivity index (χ4v) is 4.06. The molecule has 3 rings (SSSR count). The predicted molar refractivity (Wildman–Crippen MR) is 106 cm³/mol. The molecule has 1 fully saturated rings. The number of phenolic OH excluding ortho intramolecular Hbond substituents is 1. The van der Waals surface area contributed by atoms with E-state index in [0.29, 0.717) is 18.2 Å². The maximum Gasteiger partial charge on any atom is 0.253 e. The van der Waals surface area contributed by atoms with E-state index >= 15 is 0 Å². The number of carbonyl (C=O) groups excluding carboxylic acids is 1. The molecule has 1 aliphatic rings. The number of para-hydroxylation sites is 1. The minimum absolute atomic E-state index is 0. The maximum atomic E-state index is 12.6. The molecular formula is C22H32IN3O2. The third-order valence-electron chi connectivity index (χ3n) is 6.00. The number of aryl methyl sites for hydroxylation is 2. The average Bonchev–Trinajstić information content (AvgIpc) is 3.29. The van der Waals surface area contributed by atoms with Crippen LogP contribution in [0, 0.1) is 6.92 Å². The first-order valence-corrected chi connectivity index (χ1v) is 10.0. The van der Waals surface area contributed by atoms with Crippen LogP contribution in [0.3, 0.4) is 0 Å². The first-order chi connectivity index (χ1) is 13.0. The zero-order valence-corrected chi connectivity index (χ0v) is 19.4. The van der Waals surface area contributed by atoms with Crippen LogP contribution in [0.5, 0.6) is 5.75 Å². The molecule has 0 saturated heterocycles. The van der Waals surface area contributed by atoms with Crippen LogP contribution in [-0.2, 0) is 24.8 Å². The molecule has 1 N–H and O–H groups in total. The Kier molecular flexibility index (Phi) is 8.34. The molecule has 0 spiro atoms. The van der Waals surface area contributed by atoms with E-state index in [2.05, 4.69) is 22.3 Å². The Labute approximate surface area is 185 Å². The number of hydrogen-bond donors (Lipinski definition) is 1. The number of nitrogens with zero attached hydrogens (tertiary/aromatic N) is 3. The summed E-state index contributed by atoms with van der Waals surface area (Å²) in [6.07, 6.45) is 10.0. The van der Waals surface area contributed by atoms with Crippen molar-refractivity contribution in [2.45, 2.75) is 57.9 Å². The molecule has 1 aromatic heterocycles. The number of imidazole rings is 1. The number of benzene rings is 1. The molecule has 2 aromatic rings. The van der Waals surface area contributed by atoms with Gasteiger partial charge in [0.2, 0.25) is 5.91 Å². The van der Waals surface area contributed by atoms with E-state index in [1.165, 1.54) is 18.7 Å². The molecule has 1 amide bonds. The van der Waals surface area contributed by atoms with Gasteiger partial charge >= 0.3 is 0 Å². The van der Waals surface area contributed by atoms with Gasteiger partial charge in [-0.15, -0.1) is 0 Å². The van der Waals surface area contributed by atoms with Crippen LogP contribution in [0.15, 0.2) is 30.6 Å². The number of rotatable bonds is 7. The molecule has 0 aliphatic heterocycles. The second-order valence-electron chi connectivity index (χ2n) is 7.83. The maximum absolute atomic E-state index is 12.6. The van der Waals surface area contributed by atoms with Crippen molar-refractivity contribution in [3.63, 3.8) is 0 Å². The number of aromatic hydroxyl groups is 1. The van der Waals surface area contributed by atoms with Gasteiger partial charge in [-0.05, 0) is 24.3 Å². The molecule has 154 valence electrons. The van der Waals surface area contributed by atoms with Crippen molar-refractivity contribution >= 4 is 5.91 Å². The molecule has 0 bridgehead atoms. The van der Waals surface area contributed by atoms with Crippen molar-refractivity contribution in [3.8, 4) is 5.75 Å². The van der Waals surface area contributed by atoms with Crippen LogP contribution >= 0.6 is 0 Å². The zero-order chi connectivity index (χ0) is 19.4. The third kappa shape index (κ3) is 5.27. The normalized spacial score (nSPS) is 14.1. The largest absolute Gasteiger partial charge is 1.00 e. The van der Waals surface area contributed by atoms with Gasteiger partial charge < -0.3 is 34.0 Å². The Morgan fingerprint density at radius 2 is 2.04 bits per heavy atom. The highest BCUT2D eigenvalue weighted by Crippen LogP contribution is 2.39. The fourth-order valence-electron chi connectivity index (χ4n) is 4.06. The fraction of sp³-hybridized carbons (Fsp3) is 0.545. The summed E-state index contributed by atoms with van der Waals surface area (Å²) >= 11 is 0. The van der Waals surface area contributed by atoms with Gasteiger partial charge in [0.05, 0.1) is 20.0 Å². The quantitative estimate of drug-likeness (QED) is 0.436. The number of amides is 1. The van der Waals surface area contributed by atoms with Crippen LogP contribution in [0.4, 0.5) is 0 Å². The Hall–Kier alpha value is -1.57. The van der Waals surface area contributed by atoms with Gasteiger partial charge in [0, 0.05) is 32.5 Å². The summed E-state index contributed by atoms with van der Waals surface area (Å²) in [6.45, 7) is 3.70. The van der Waals surface area contributed by atoms with Crippen LogP contribution in [0.2, 0.25) is 0 Å². The summed E-state index contributed by atoms with van der Waals surface area (Å²) < 4.78 is 4.30. The lowest BCUT2D eigenvalue weighted by Crippen LogP contribution is -3.00. The second-order valence-corrected chi connectivity index (χ2v) is 7.83. The number of hydrogen-bond acceptors (Lipinski definition) is 2. The predicted octanol–water partition coefficient (Wildman–Crippen LogP) is 0.0794. The summed E-state index contributed by atoms with van der Waals surface area (Å²) in [4.78, 5) is 14.4. The standard InChI is InChI=1S/C22H31N3O2.HI/c1-17-23(2)14-15-25(17)13-7-12-24(3)21(26)16-19-10-6-11-20(22(19)27)18-8-4-5-9-18;/h6,10-11,14-15,18H,4-5,7-9,12-13,16H2,1-3H3;1H. The van der Waals surface area contributed by atoms with Crippen LogP contribution in [0.25, 0.3) is 0 Å². The number of aromatic nitrogens is 2. The van der Waals surface area contributed by atoms with E-state index in [1.807, 2.05) is 38.5 Å². The Morgan fingerprint density at radius 1 is 1.32 bits per heavy atom. The number of likely N-dealkylation sites (N-methyl/N-ethyl adjacent to an activating group) is 1. The number of carbonyl (C=O) groups is 1. The van der Waals surface area contributed by atoms with Crippen molar-refractivity contribution in [2.24, 2.45) is 7.05 Å². The van der Waals surface area contributed by atoms with Gasteiger partial charge in [0.15, 0.2) is 0 Å². The van der Waals surface area contributed by atoms with Crippen LogP contribution < -0.4 is 28.5 Å². The van der Waals surface area contributed by atoms with Crippen molar-refractivity contribution in [3.05, 3.63) is 47.5 Å². The topological polar surface area (TPSA) is 49.4 Å². The van der Waals surface area contributed by atoms with Gasteiger partial charge in [-0.25, -0.2) is 9.13 Å². The lowest BCUT2D eigenvalue weighted by Gasteiger charge is -2.19. The monoisotopic (exact) mass is 497 g/mol. The van der Waals surface area contributed by atoms with Gasteiger partial charge in [-0.1, -0.05) is 31.0 Å². The highest BCUT2D eigenvalue weighted by Gasteiger charge is 2.22. The van der Waals surface area contributed by atoms with Crippen LogP contribution in [0.1, 0.15) is 55.0 Å². The van der Waals surface area contributed by atoms with E-state index in [9.17, 15) is 9.90 Å². The van der Waals surface area contributed by atoms with E-state index in [0.717, 1.165) is 36.9 Å². The molecule has 0 unspecified atom stereocenters.